The van der Waals surface area contributed by atoms with Crippen LogP contribution in [0.15, 0.2) is 0 Å². The molecular formula is H3FKNO3. The van der Waals surface area contributed by atoms with Crippen LogP contribution in [0.4, 0.5) is 4.70 Å². The zero-order valence-corrected chi connectivity index (χ0v) is 6.24. The van der Waals surface area contributed by atoms with Gasteiger partial charge >= 0.3 is 51.4 Å². The van der Waals surface area contributed by atoms with Gasteiger partial charge in [-0.1, -0.05) is 0 Å². The molecule has 4 nitrogen and oxygen atoms in total. The third-order valence-electron chi connectivity index (χ3n) is 0. The van der Waals surface area contributed by atoms with E-state index in [2.05, 4.69) is 0 Å². The number of nitrogens with zero attached hydrogens (tertiary/aromatic N) is 1. The standard InChI is InChI=1S/FH.K.HNO3.H/c;;2-1(3)4;/h1H;;(H,2,3,4);/q;+1;;-1. The number of rotatable bonds is 0. The molecule has 0 rings (SSSR count). The molecule has 0 radical (unpaired) electrons. The van der Waals surface area contributed by atoms with Crippen LogP contribution >= 0.6 is 0 Å². The van der Waals surface area contributed by atoms with Gasteiger partial charge in [0.25, 0.3) is 5.09 Å². The maximum absolute atomic E-state index is 8.36. The molecular weight excluding hydrogens is 120 g/mol. The molecule has 0 atom stereocenters. The van der Waals surface area contributed by atoms with Gasteiger partial charge in [-0.15, -0.1) is 10.1 Å². The van der Waals surface area contributed by atoms with Crippen molar-refractivity contribution in [3.05, 3.63) is 10.1 Å². The number of hydrogen-bond donors (Lipinski definition) is 1. The Balaban J connectivity index is -0.0000000150. The van der Waals surface area contributed by atoms with E-state index in [9.17, 15) is 0 Å². The molecule has 0 aromatic heterocycles. The van der Waals surface area contributed by atoms with Crippen molar-refractivity contribution in [2.24, 2.45) is 0 Å². The molecule has 0 saturated heterocycles. The predicted molar refractivity (Wildman–Crippen MR) is 12.4 cm³/mol. The third-order valence-corrected chi connectivity index (χ3v) is 0. The Bertz CT molecular complexity index is 37.9. The zero-order chi connectivity index (χ0) is 3.58. The largest absolute Gasteiger partial charge is 1.00 e. The first-order valence-electron chi connectivity index (χ1n) is 0.565. The molecule has 34 valence electrons. The summed E-state index contributed by atoms with van der Waals surface area (Å²) in [6, 6.07) is 0. The molecule has 0 aromatic rings. The first kappa shape index (κ1) is 15.9. The first-order valence-corrected chi connectivity index (χ1v) is 0.565. The fourth-order valence-electron chi connectivity index (χ4n) is 0. The molecule has 0 bridgehead atoms. The molecule has 0 aliphatic heterocycles. The van der Waals surface area contributed by atoms with Crippen LogP contribution in [0.25, 0.3) is 0 Å². The summed E-state index contributed by atoms with van der Waals surface area (Å²) >= 11 is 0. The van der Waals surface area contributed by atoms with E-state index in [1.807, 2.05) is 0 Å². The molecule has 0 heterocycles. The minimum Gasteiger partial charge on any atom is -1.00 e. The summed E-state index contributed by atoms with van der Waals surface area (Å²) in [7, 11) is 0. The van der Waals surface area contributed by atoms with Crippen molar-refractivity contribution in [3.8, 4) is 0 Å². The second-order valence-electron chi connectivity index (χ2n) is 0.238. The molecule has 6 heavy (non-hydrogen) atoms. The molecule has 6 heteroatoms. The van der Waals surface area contributed by atoms with Crippen molar-refractivity contribution in [1.29, 1.82) is 0 Å². The van der Waals surface area contributed by atoms with Crippen molar-refractivity contribution >= 4 is 0 Å². The van der Waals surface area contributed by atoms with Crippen molar-refractivity contribution in [1.82, 2.24) is 0 Å². The van der Waals surface area contributed by atoms with Gasteiger partial charge in [-0.3, -0.25) is 4.70 Å². The summed E-state index contributed by atoms with van der Waals surface area (Å²) < 4.78 is 0. The molecule has 0 aliphatic rings. The predicted octanol–water partition coefficient (Wildman–Crippen LogP) is -3.08. The van der Waals surface area contributed by atoms with Crippen molar-refractivity contribution in [2.75, 3.05) is 0 Å². The molecule has 0 fully saturated rings. The second-order valence-corrected chi connectivity index (χ2v) is 0.238. The van der Waals surface area contributed by atoms with Crippen LogP contribution < -0.4 is 51.4 Å². The summed E-state index contributed by atoms with van der Waals surface area (Å²) in [6.45, 7) is 0. The summed E-state index contributed by atoms with van der Waals surface area (Å²) in [4.78, 5) is 8.36. The fourth-order valence-corrected chi connectivity index (χ4v) is 0. The molecule has 0 unspecified atom stereocenters. The molecule has 0 aliphatic carbocycles. The monoisotopic (exact) mass is 123 g/mol. The molecule has 0 amide bonds. The minimum atomic E-state index is -1.50. The van der Waals surface area contributed by atoms with Gasteiger partial charge in [0.05, 0.1) is 0 Å². The Morgan fingerprint density at radius 2 is 1.83 bits per heavy atom. The van der Waals surface area contributed by atoms with Gasteiger partial charge in [0.2, 0.25) is 0 Å². The first-order chi connectivity index (χ1) is 1.73. The Morgan fingerprint density at radius 1 is 1.83 bits per heavy atom. The summed E-state index contributed by atoms with van der Waals surface area (Å²) in [5.74, 6) is 0. The fraction of sp³-hybridized carbons (Fsp3) is 0. The average Bonchev–Trinajstić information content (AvgIpc) is 0.811. The van der Waals surface area contributed by atoms with E-state index in [0.29, 0.717) is 0 Å². The normalized spacial score (nSPS) is 4.00. The minimum absolute atomic E-state index is 0. The van der Waals surface area contributed by atoms with Crippen molar-refractivity contribution < 1.29 is 67.8 Å². The van der Waals surface area contributed by atoms with E-state index < -0.39 is 5.09 Å². The van der Waals surface area contributed by atoms with Crippen molar-refractivity contribution in [3.63, 3.8) is 0 Å². The number of hydrogen-bond acceptors (Lipinski definition) is 2. The van der Waals surface area contributed by atoms with Crippen molar-refractivity contribution in [2.45, 2.75) is 0 Å². The Labute approximate surface area is 76.9 Å². The topological polar surface area (TPSA) is 63.4 Å². The maximum atomic E-state index is 8.36. The van der Waals surface area contributed by atoms with Crippen LogP contribution in [0.1, 0.15) is 1.43 Å². The van der Waals surface area contributed by atoms with Gasteiger partial charge < -0.3 is 6.63 Å². The van der Waals surface area contributed by atoms with Crippen LogP contribution in [-0.4, -0.2) is 10.3 Å². The zero-order valence-electron chi connectivity index (χ0n) is 4.12. The van der Waals surface area contributed by atoms with Gasteiger partial charge in [-0.2, -0.15) is 0 Å². The summed E-state index contributed by atoms with van der Waals surface area (Å²) in [6.07, 6.45) is 0. The second kappa shape index (κ2) is 9.23. The molecule has 1 N–H and O–H groups in total. The van der Waals surface area contributed by atoms with Crippen LogP contribution in [0.2, 0.25) is 0 Å². The Hall–Kier alpha value is 0.766. The number of halogens is 1. The van der Waals surface area contributed by atoms with E-state index >= 15 is 0 Å². The van der Waals surface area contributed by atoms with Crippen LogP contribution in [0, 0.1) is 10.1 Å². The smallest absolute Gasteiger partial charge is 1.00 e. The summed E-state index contributed by atoms with van der Waals surface area (Å²) in [5, 5.41) is 13.6. The average molecular weight is 123 g/mol. The SMILES string of the molecule is F.O=[N+]([O-])O.[H-].[K+]. The van der Waals surface area contributed by atoms with Crippen LogP contribution in [0.5, 0.6) is 0 Å². The van der Waals surface area contributed by atoms with Gasteiger partial charge in [-0.05, 0) is 0 Å². The quantitative estimate of drug-likeness (QED) is 0.211. The van der Waals surface area contributed by atoms with Gasteiger partial charge in [0, 0.05) is 0 Å². The molecule has 0 spiro atoms. The summed E-state index contributed by atoms with van der Waals surface area (Å²) in [5.41, 5.74) is 0. The van der Waals surface area contributed by atoms with Crippen LogP contribution in [-0.2, 0) is 0 Å². The van der Waals surface area contributed by atoms with E-state index in [-0.39, 0.29) is 57.5 Å². The third kappa shape index (κ3) is 115. The Morgan fingerprint density at radius 3 is 1.83 bits per heavy atom. The van der Waals surface area contributed by atoms with Gasteiger partial charge in [0.1, 0.15) is 0 Å². The van der Waals surface area contributed by atoms with Gasteiger partial charge in [0.15, 0.2) is 0 Å². The van der Waals surface area contributed by atoms with Gasteiger partial charge in [-0.25, -0.2) is 0 Å². The Kier molecular flexibility index (Phi) is 24.4. The van der Waals surface area contributed by atoms with E-state index in [1.165, 1.54) is 0 Å². The van der Waals surface area contributed by atoms with E-state index in [1.54, 1.807) is 0 Å². The van der Waals surface area contributed by atoms with E-state index in [4.69, 9.17) is 15.3 Å². The molecule has 0 saturated carbocycles. The van der Waals surface area contributed by atoms with E-state index in [0.717, 1.165) is 0 Å². The maximum Gasteiger partial charge on any atom is 1.00 e. The van der Waals surface area contributed by atoms with Crippen LogP contribution in [0.3, 0.4) is 0 Å². The molecule has 0 aromatic carbocycles.